The number of rotatable bonds is 6. The minimum Gasteiger partial charge on any atom is -0.324 e. The monoisotopic (exact) mass is 586 g/mol. The maximum Gasteiger partial charge on any atom is 0.308 e. The Kier molecular flexibility index (Phi) is 6.80. The first-order valence-electron chi connectivity index (χ1n) is 12.7. The normalized spacial score (nSPS) is 19.5. The molecule has 0 bridgehead atoms. The Morgan fingerprint density at radius 2 is 1.63 bits per heavy atom. The van der Waals surface area contributed by atoms with Gasteiger partial charge in [-0.15, -0.1) is 0 Å². The highest BCUT2D eigenvalue weighted by Gasteiger charge is 2.56. The van der Waals surface area contributed by atoms with Crippen molar-refractivity contribution in [3.63, 3.8) is 0 Å². The molecule has 0 aliphatic carbocycles. The van der Waals surface area contributed by atoms with Crippen molar-refractivity contribution < 1.29 is 19.3 Å². The van der Waals surface area contributed by atoms with Crippen LogP contribution < -0.4 is 15.1 Å². The number of carbonyl (C=O) groups is 3. The number of hydrogen-bond donors (Lipinski definition) is 1. The van der Waals surface area contributed by atoms with Crippen molar-refractivity contribution >= 4 is 57.9 Å². The number of nitro benzene ring substituents is 1. The first kappa shape index (κ1) is 26.7. The summed E-state index contributed by atoms with van der Waals surface area (Å²) in [5.41, 5.74) is 2.37. The van der Waals surface area contributed by atoms with Crippen LogP contribution in [-0.4, -0.2) is 32.5 Å². The summed E-state index contributed by atoms with van der Waals surface area (Å²) in [5, 5.41) is 13.6. The van der Waals surface area contributed by atoms with E-state index < -0.39 is 33.8 Å². The third-order valence-electron chi connectivity index (χ3n) is 7.25. The van der Waals surface area contributed by atoms with Crippen molar-refractivity contribution in [1.82, 2.24) is 4.57 Å². The number of nitrogens with zero attached hydrogens (tertiary/aromatic N) is 3. The summed E-state index contributed by atoms with van der Waals surface area (Å²) in [6, 6.07) is 21.8. The van der Waals surface area contributed by atoms with Crippen LogP contribution in [0, 0.1) is 23.0 Å². The fourth-order valence-corrected chi connectivity index (χ4v) is 8.07. The van der Waals surface area contributed by atoms with E-state index >= 15 is 0 Å². The number of carbonyl (C=O) groups excluding carboxylic acids is 3. The van der Waals surface area contributed by atoms with Crippen LogP contribution in [0.1, 0.15) is 21.9 Å². The highest BCUT2D eigenvalue weighted by molar-refractivity contribution is 8.00. The second kappa shape index (κ2) is 10.5. The SMILES string of the molecule is Cc1ccccc1NC(=O)Cn1c2c(sc1=O)C(c1ccccc1)C1C(=O)N(c3ccc([N+](=O)[O-])cc3)C(=O)C1S2. The third-order valence-corrected chi connectivity index (χ3v) is 9.85. The summed E-state index contributed by atoms with van der Waals surface area (Å²) in [6.07, 6.45) is 0. The number of aromatic nitrogens is 1. The first-order chi connectivity index (χ1) is 19.7. The van der Waals surface area contributed by atoms with Gasteiger partial charge in [-0.3, -0.25) is 33.9 Å². The van der Waals surface area contributed by atoms with Crippen LogP contribution in [-0.2, 0) is 20.9 Å². The van der Waals surface area contributed by atoms with Gasteiger partial charge in [0.15, 0.2) is 0 Å². The van der Waals surface area contributed by atoms with Crippen LogP contribution in [0.3, 0.4) is 0 Å². The molecule has 3 atom stereocenters. The van der Waals surface area contributed by atoms with Gasteiger partial charge in [-0.2, -0.15) is 0 Å². The zero-order chi connectivity index (χ0) is 28.8. The van der Waals surface area contributed by atoms with Gasteiger partial charge in [-0.05, 0) is 36.2 Å². The van der Waals surface area contributed by atoms with Crippen LogP contribution in [0.25, 0.3) is 0 Å². The highest BCUT2D eigenvalue weighted by Crippen LogP contribution is 2.53. The molecule has 0 spiro atoms. The van der Waals surface area contributed by atoms with Crippen LogP contribution in [0.4, 0.5) is 17.1 Å². The molecule has 1 aromatic heterocycles. The molecule has 1 saturated heterocycles. The van der Waals surface area contributed by atoms with Crippen molar-refractivity contribution in [2.75, 3.05) is 10.2 Å². The Morgan fingerprint density at radius 1 is 0.951 bits per heavy atom. The number of benzene rings is 3. The second-order valence-corrected chi connectivity index (χ2v) is 11.8. The number of para-hydroxylation sites is 1. The number of imide groups is 1. The topological polar surface area (TPSA) is 132 Å². The molecule has 0 saturated carbocycles. The van der Waals surface area contributed by atoms with E-state index in [0.717, 1.165) is 39.1 Å². The van der Waals surface area contributed by atoms with Crippen molar-refractivity contribution in [2.24, 2.45) is 5.92 Å². The van der Waals surface area contributed by atoms with Gasteiger partial charge in [-0.1, -0.05) is 71.6 Å². The fourth-order valence-electron chi connectivity index (χ4n) is 5.30. The van der Waals surface area contributed by atoms with Gasteiger partial charge >= 0.3 is 4.87 Å². The summed E-state index contributed by atoms with van der Waals surface area (Å²) >= 11 is 2.09. The van der Waals surface area contributed by atoms with Crippen molar-refractivity contribution in [1.29, 1.82) is 0 Å². The van der Waals surface area contributed by atoms with E-state index in [1.165, 1.54) is 28.8 Å². The second-order valence-electron chi connectivity index (χ2n) is 9.72. The van der Waals surface area contributed by atoms with Gasteiger partial charge < -0.3 is 5.32 Å². The van der Waals surface area contributed by atoms with Crippen LogP contribution in [0.5, 0.6) is 0 Å². The molecule has 3 amide bonds. The number of anilines is 2. The van der Waals surface area contributed by atoms with E-state index in [1.54, 1.807) is 12.1 Å². The van der Waals surface area contributed by atoms with Gasteiger partial charge in [0, 0.05) is 28.6 Å². The lowest BCUT2D eigenvalue weighted by atomic mass is 9.83. The predicted octanol–water partition coefficient (Wildman–Crippen LogP) is 4.56. The minimum atomic E-state index is -0.852. The molecule has 10 nitrogen and oxygen atoms in total. The lowest BCUT2D eigenvalue weighted by molar-refractivity contribution is -0.384. The fraction of sp³-hybridized carbons (Fsp3) is 0.172. The summed E-state index contributed by atoms with van der Waals surface area (Å²) < 4.78 is 1.37. The lowest BCUT2D eigenvalue weighted by Crippen LogP contribution is -2.33. The van der Waals surface area contributed by atoms with Gasteiger partial charge in [0.1, 0.15) is 11.8 Å². The molecule has 12 heteroatoms. The zero-order valence-corrected chi connectivity index (χ0v) is 23.2. The van der Waals surface area contributed by atoms with E-state index in [-0.39, 0.29) is 28.7 Å². The van der Waals surface area contributed by atoms with E-state index in [1.807, 2.05) is 49.4 Å². The van der Waals surface area contributed by atoms with Crippen LogP contribution >= 0.6 is 23.1 Å². The molecule has 3 unspecified atom stereocenters. The molecule has 3 heterocycles. The molecule has 0 radical (unpaired) electrons. The largest absolute Gasteiger partial charge is 0.324 e. The number of thiazole rings is 1. The smallest absolute Gasteiger partial charge is 0.308 e. The van der Waals surface area contributed by atoms with Crippen LogP contribution in [0.2, 0.25) is 0 Å². The molecule has 1 N–H and O–H groups in total. The molecular formula is C29H22N4O6S2. The van der Waals surface area contributed by atoms with Gasteiger partial charge in [-0.25, -0.2) is 4.90 Å². The van der Waals surface area contributed by atoms with E-state index in [2.05, 4.69) is 5.32 Å². The Hall–Kier alpha value is -4.55. The standard InChI is InChI=1S/C29H22N4O6S2/c1-16-7-5-6-10-20(16)30-21(34)15-31-28-25(41-29(31)37)22(17-8-3-2-4-9-17)23-24(40-28)27(36)32(26(23)35)18-11-13-19(14-12-18)33(38)39/h2-14,22-24H,15H2,1H3,(H,30,34). The highest BCUT2D eigenvalue weighted by atomic mass is 32.2. The van der Waals surface area contributed by atoms with E-state index in [9.17, 15) is 29.3 Å². The van der Waals surface area contributed by atoms with E-state index in [4.69, 9.17) is 0 Å². The minimum absolute atomic E-state index is 0.156. The Morgan fingerprint density at radius 3 is 2.32 bits per heavy atom. The average molecular weight is 587 g/mol. The zero-order valence-electron chi connectivity index (χ0n) is 21.6. The lowest BCUT2D eigenvalue weighted by Gasteiger charge is -2.30. The average Bonchev–Trinajstić information content (AvgIpc) is 3.41. The van der Waals surface area contributed by atoms with E-state index in [0.29, 0.717) is 15.6 Å². The van der Waals surface area contributed by atoms with Crippen molar-refractivity contribution in [3.8, 4) is 0 Å². The number of nitrogens with one attached hydrogen (secondary N) is 1. The Bertz CT molecular complexity index is 1770. The number of non-ortho nitro benzene ring substituents is 1. The number of thioether (sulfide) groups is 1. The molecular weight excluding hydrogens is 564 g/mol. The number of hydrogen-bond acceptors (Lipinski definition) is 8. The molecule has 2 aliphatic heterocycles. The Balaban J connectivity index is 1.39. The first-order valence-corrected chi connectivity index (χ1v) is 14.4. The molecule has 3 aromatic carbocycles. The maximum absolute atomic E-state index is 13.9. The van der Waals surface area contributed by atoms with Gasteiger partial charge in [0.2, 0.25) is 17.7 Å². The summed E-state index contributed by atoms with van der Waals surface area (Å²) in [7, 11) is 0. The molecule has 1 fully saturated rings. The molecule has 41 heavy (non-hydrogen) atoms. The third kappa shape index (κ3) is 4.64. The molecule has 4 aromatic rings. The Labute approximate surface area is 241 Å². The molecule has 2 aliphatic rings. The maximum atomic E-state index is 13.9. The molecule has 206 valence electrons. The number of aryl methyl sites for hydroxylation is 1. The summed E-state index contributed by atoms with van der Waals surface area (Å²) in [4.78, 5) is 65.8. The van der Waals surface area contributed by atoms with Gasteiger partial charge in [0.05, 0.1) is 21.6 Å². The number of fused-ring (bicyclic) bond motifs is 2. The number of nitro groups is 1. The van der Waals surface area contributed by atoms with Crippen molar-refractivity contribution in [2.45, 2.75) is 29.7 Å². The van der Waals surface area contributed by atoms with Crippen molar-refractivity contribution in [3.05, 3.63) is 115 Å². The summed E-state index contributed by atoms with van der Waals surface area (Å²) in [5.74, 6) is -2.69. The van der Waals surface area contributed by atoms with Gasteiger partial charge in [0.25, 0.3) is 5.69 Å². The van der Waals surface area contributed by atoms with Crippen LogP contribution in [0.15, 0.2) is 88.7 Å². The predicted molar refractivity (Wildman–Crippen MR) is 155 cm³/mol. The number of amides is 3. The summed E-state index contributed by atoms with van der Waals surface area (Å²) in [6.45, 7) is 1.62. The quantitative estimate of drug-likeness (QED) is 0.199. The molecule has 6 rings (SSSR count).